The second kappa shape index (κ2) is 2.86. The molecular weight excluding hydrogens is 147 g/mol. The van der Waals surface area contributed by atoms with Gasteiger partial charge in [0.25, 0.3) is 0 Å². The minimum Gasteiger partial charge on any atom is -0.478 e. The highest BCUT2D eigenvalue weighted by atomic mass is 19.1. The van der Waals surface area contributed by atoms with Gasteiger partial charge in [-0.1, -0.05) is 11.6 Å². The van der Waals surface area contributed by atoms with Crippen molar-refractivity contribution in [2.24, 2.45) is 0 Å². The molecule has 1 unspecified atom stereocenters. The third-order valence-corrected chi connectivity index (χ3v) is 1.61. The van der Waals surface area contributed by atoms with E-state index >= 15 is 0 Å². The Bertz CT molecular complexity index is 240. The van der Waals surface area contributed by atoms with Crippen LogP contribution in [0.3, 0.4) is 0 Å². The molecule has 3 heteroatoms. The van der Waals surface area contributed by atoms with Crippen molar-refractivity contribution in [1.82, 2.24) is 0 Å². The maximum atomic E-state index is 12.8. The van der Waals surface area contributed by atoms with Gasteiger partial charge in [-0.3, -0.25) is 0 Å². The summed E-state index contributed by atoms with van der Waals surface area (Å²) in [6, 6.07) is 0. The van der Waals surface area contributed by atoms with E-state index in [1.54, 1.807) is 13.0 Å². The number of aliphatic carboxylic acids is 1. The monoisotopic (exact) mass is 156 g/mol. The van der Waals surface area contributed by atoms with E-state index in [1.807, 2.05) is 0 Å². The van der Waals surface area contributed by atoms with Gasteiger partial charge in [0.05, 0.1) is 5.57 Å². The first-order valence-corrected chi connectivity index (χ1v) is 3.37. The van der Waals surface area contributed by atoms with Crippen molar-refractivity contribution in [3.05, 3.63) is 23.3 Å². The molecule has 0 saturated carbocycles. The average molecular weight is 156 g/mol. The molecule has 0 spiro atoms. The van der Waals surface area contributed by atoms with Crippen molar-refractivity contribution in [3.8, 4) is 0 Å². The number of carbonyl (C=O) groups is 1. The second-order valence-corrected chi connectivity index (χ2v) is 2.56. The van der Waals surface area contributed by atoms with Gasteiger partial charge >= 0.3 is 5.97 Å². The van der Waals surface area contributed by atoms with E-state index in [9.17, 15) is 9.18 Å². The van der Waals surface area contributed by atoms with Crippen LogP contribution in [0.15, 0.2) is 23.3 Å². The summed E-state index contributed by atoms with van der Waals surface area (Å²) < 4.78 is 12.8. The molecule has 2 nitrogen and oxygen atoms in total. The summed E-state index contributed by atoms with van der Waals surface area (Å²) in [6.07, 6.45) is 1.91. The van der Waals surface area contributed by atoms with Gasteiger partial charge in [0.1, 0.15) is 6.17 Å². The van der Waals surface area contributed by atoms with Crippen LogP contribution in [0.5, 0.6) is 0 Å². The van der Waals surface area contributed by atoms with E-state index in [1.165, 1.54) is 6.08 Å². The Morgan fingerprint density at radius 3 is 2.91 bits per heavy atom. The summed E-state index contributed by atoms with van der Waals surface area (Å²) in [5, 5.41) is 8.49. The fraction of sp³-hybridized carbons (Fsp3) is 0.375. The largest absolute Gasteiger partial charge is 0.478 e. The first kappa shape index (κ1) is 7.98. The number of carboxylic acids is 1. The smallest absolute Gasteiger partial charge is 0.334 e. The molecule has 1 atom stereocenters. The van der Waals surface area contributed by atoms with E-state index in [2.05, 4.69) is 0 Å². The Morgan fingerprint density at radius 1 is 1.82 bits per heavy atom. The van der Waals surface area contributed by atoms with Gasteiger partial charge in [0, 0.05) is 6.42 Å². The molecule has 0 aromatic rings. The SMILES string of the molecule is CC1=CCC(F)C(C(=O)O)=C1. The molecule has 0 aromatic carbocycles. The van der Waals surface area contributed by atoms with Crippen molar-refractivity contribution in [3.63, 3.8) is 0 Å². The van der Waals surface area contributed by atoms with Gasteiger partial charge in [-0.15, -0.1) is 0 Å². The summed E-state index contributed by atoms with van der Waals surface area (Å²) in [5.41, 5.74) is 0.682. The summed E-state index contributed by atoms with van der Waals surface area (Å²) in [5.74, 6) is -1.16. The summed E-state index contributed by atoms with van der Waals surface area (Å²) in [6.45, 7) is 1.76. The first-order valence-electron chi connectivity index (χ1n) is 3.37. The lowest BCUT2D eigenvalue weighted by Gasteiger charge is -2.11. The molecule has 0 bridgehead atoms. The molecule has 0 radical (unpaired) electrons. The van der Waals surface area contributed by atoms with Crippen molar-refractivity contribution >= 4 is 5.97 Å². The van der Waals surface area contributed by atoms with Gasteiger partial charge in [-0.05, 0) is 13.0 Å². The fourth-order valence-corrected chi connectivity index (χ4v) is 1.01. The minimum atomic E-state index is -1.34. The van der Waals surface area contributed by atoms with Crippen LogP contribution < -0.4 is 0 Å². The number of hydrogen-bond acceptors (Lipinski definition) is 1. The second-order valence-electron chi connectivity index (χ2n) is 2.56. The summed E-state index contributed by atoms with van der Waals surface area (Å²) in [4.78, 5) is 10.4. The van der Waals surface area contributed by atoms with E-state index in [0.717, 1.165) is 5.57 Å². The van der Waals surface area contributed by atoms with Crippen LogP contribution in [0.4, 0.5) is 4.39 Å². The molecule has 0 aromatic heterocycles. The van der Waals surface area contributed by atoms with E-state index < -0.39 is 12.1 Å². The summed E-state index contributed by atoms with van der Waals surface area (Å²) in [7, 11) is 0. The minimum absolute atomic E-state index is 0.134. The van der Waals surface area contributed by atoms with Crippen LogP contribution in [0.25, 0.3) is 0 Å². The Morgan fingerprint density at radius 2 is 2.45 bits per heavy atom. The zero-order valence-corrected chi connectivity index (χ0v) is 6.17. The van der Waals surface area contributed by atoms with Crippen LogP contribution in [0.2, 0.25) is 0 Å². The highest BCUT2D eigenvalue weighted by Crippen LogP contribution is 2.20. The van der Waals surface area contributed by atoms with Crippen molar-refractivity contribution in [2.75, 3.05) is 0 Å². The van der Waals surface area contributed by atoms with Crippen LogP contribution in [0.1, 0.15) is 13.3 Å². The van der Waals surface area contributed by atoms with Gasteiger partial charge in [0.15, 0.2) is 0 Å². The lowest BCUT2D eigenvalue weighted by atomic mass is 9.99. The predicted octanol–water partition coefficient (Wildman–Crippen LogP) is 1.69. The molecule has 1 aliphatic rings. The Kier molecular flexibility index (Phi) is 2.08. The van der Waals surface area contributed by atoms with E-state index in [-0.39, 0.29) is 12.0 Å². The Labute approximate surface area is 64.0 Å². The molecule has 0 amide bonds. The Balaban J connectivity index is 2.90. The Hall–Kier alpha value is -1.12. The first-order chi connectivity index (χ1) is 5.11. The van der Waals surface area contributed by atoms with Crippen molar-refractivity contribution in [1.29, 1.82) is 0 Å². The molecule has 60 valence electrons. The topological polar surface area (TPSA) is 37.3 Å². The van der Waals surface area contributed by atoms with Crippen LogP contribution in [0, 0.1) is 0 Å². The lowest BCUT2D eigenvalue weighted by molar-refractivity contribution is -0.133. The molecule has 1 rings (SSSR count). The number of hydrogen-bond donors (Lipinski definition) is 1. The van der Waals surface area contributed by atoms with Crippen molar-refractivity contribution < 1.29 is 14.3 Å². The van der Waals surface area contributed by atoms with E-state index in [0.29, 0.717) is 0 Å². The predicted molar refractivity (Wildman–Crippen MR) is 39.0 cm³/mol. The van der Waals surface area contributed by atoms with Gasteiger partial charge in [-0.25, -0.2) is 9.18 Å². The molecule has 0 aliphatic heterocycles. The standard InChI is InChI=1S/C8H9FO2/c1-5-2-3-7(9)6(4-5)8(10)11/h2,4,7H,3H2,1H3,(H,10,11). The van der Waals surface area contributed by atoms with Crippen LogP contribution in [-0.2, 0) is 4.79 Å². The number of alkyl halides is 1. The lowest BCUT2D eigenvalue weighted by Crippen LogP contribution is -2.15. The molecule has 0 heterocycles. The van der Waals surface area contributed by atoms with Gasteiger partial charge < -0.3 is 5.11 Å². The maximum Gasteiger partial charge on any atom is 0.334 e. The van der Waals surface area contributed by atoms with Crippen LogP contribution in [-0.4, -0.2) is 17.2 Å². The molecule has 0 saturated heterocycles. The third kappa shape index (κ3) is 1.67. The maximum absolute atomic E-state index is 12.8. The number of carboxylic acid groups (broad SMARTS) is 1. The third-order valence-electron chi connectivity index (χ3n) is 1.61. The van der Waals surface area contributed by atoms with E-state index in [4.69, 9.17) is 5.11 Å². The number of allylic oxidation sites excluding steroid dienone is 3. The average Bonchev–Trinajstić information content (AvgIpc) is 1.94. The quantitative estimate of drug-likeness (QED) is 0.627. The molecule has 1 N–H and O–H groups in total. The zero-order valence-electron chi connectivity index (χ0n) is 6.17. The fourth-order valence-electron chi connectivity index (χ4n) is 1.01. The van der Waals surface area contributed by atoms with Gasteiger partial charge in [-0.2, -0.15) is 0 Å². The molecular formula is C8H9FO2. The number of rotatable bonds is 1. The highest BCUT2D eigenvalue weighted by Gasteiger charge is 2.21. The van der Waals surface area contributed by atoms with Crippen molar-refractivity contribution in [2.45, 2.75) is 19.5 Å². The zero-order chi connectivity index (χ0) is 8.43. The molecule has 0 fully saturated rings. The van der Waals surface area contributed by atoms with Gasteiger partial charge in [0.2, 0.25) is 0 Å². The highest BCUT2D eigenvalue weighted by molar-refractivity contribution is 5.88. The number of halogens is 1. The molecule has 11 heavy (non-hydrogen) atoms. The summed E-state index contributed by atoms with van der Waals surface area (Å²) >= 11 is 0. The molecule has 1 aliphatic carbocycles. The normalized spacial score (nSPS) is 24.0. The van der Waals surface area contributed by atoms with Crippen LogP contribution >= 0.6 is 0 Å².